The highest BCUT2D eigenvalue weighted by atomic mass is 19.1. The van der Waals surface area contributed by atoms with Gasteiger partial charge in [0.1, 0.15) is 5.82 Å². The van der Waals surface area contributed by atoms with Crippen molar-refractivity contribution in [1.82, 2.24) is 5.32 Å². The highest BCUT2D eigenvalue weighted by molar-refractivity contribution is 5.17. The minimum Gasteiger partial charge on any atom is -0.381 e. The molecule has 2 rings (SSSR count). The van der Waals surface area contributed by atoms with Crippen LogP contribution in [0.2, 0.25) is 0 Å². The van der Waals surface area contributed by atoms with E-state index in [0.717, 1.165) is 31.6 Å². The lowest BCUT2D eigenvalue weighted by molar-refractivity contribution is 0.0342. The van der Waals surface area contributed by atoms with Gasteiger partial charge in [0, 0.05) is 18.6 Å². The van der Waals surface area contributed by atoms with E-state index in [1.54, 1.807) is 12.1 Å². The molecule has 16 heavy (non-hydrogen) atoms. The Morgan fingerprint density at radius 3 is 3.12 bits per heavy atom. The molecule has 0 radical (unpaired) electrons. The van der Waals surface area contributed by atoms with E-state index in [1.807, 2.05) is 13.1 Å². The largest absolute Gasteiger partial charge is 0.381 e. The number of nitrogens with one attached hydrogen (secondary N) is 1. The van der Waals surface area contributed by atoms with Crippen LogP contribution >= 0.6 is 0 Å². The van der Waals surface area contributed by atoms with Crippen molar-refractivity contribution < 1.29 is 9.13 Å². The summed E-state index contributed by atoms with van der Waals surface area (Å²) in [6, 6.07) is 7.32. The number of ether oxygens (including phenoxy) is 1. The standard InChI is InChI=1S/C13H18FNO/c1-15-13-5-6-16-9-11(13)7-10-3-2-4-12(14)8-10/h2-4,8,11,13,15H,5-7,9H2,1H3. The lowest BCUT2D eigenvalue weighted by atomic mass is 9.89. The van der Waals surface area contributed by atoms with Gasteiger partial charge in [-0.15, -0.1) is 0 Å². The zero-order valence-electron chi connectivity index (χ0n) is 9.58. The first kappa shape index (κ1) is 11.6. The Labute approximate surface area is 95.8 Å². The summed E-state index contributed by atoms with van der Waals surface area (Å²) >= 11 is 0. The molecule has 1 aliphatic heterocycles. The maximum Gasteiger partial charge on any atom is 0.123 e. The van der Waals surface area contributed by atoms with Crippen LogP contribution in [0.15, 0.2) is 24.3 Å². The predicted molar refractivity (Wildman–Crippen MR) is 61.9 cm³/mol. The first-order valence-electron chi connectivity index (χ1n) is 5.79. The van der Waals surface area contributed by atoms with Crippen LogP contribution in [-0.4, -0.2) is 26.3 Å². The second-order valence-electron chi connectivity index (χ2n) is 4.35. The van der Waals surface area contributed by atoms with Crippen molar-refractivity contribution in [2.24, 2.45) is 5.92 Å². The van der Waals surface area contributed by atoms with Gasteiger partial charge in [0.2, 0.25) is 0 Å². The molecule has 1 saturated heterocycles. The van der Waals surface area contributed by atoms with Crippen LogP contribution in [0.5, 0.6) is 0 Å². The summed E-state index contributed by atoms with van der Waals surface area (Å²) < 4.78 is 18.5. The summed E-state index contributed by atoms with van der Waals surface area (Å²) in [6.45, 7) is 1.59. The molecule has 2 nitrogen and oxygen atoms in total. The molecular formula is C13H18FNO. The van der Waals surface area contributed by atoms with Gasteiger partial charge in [-0.05, 0) is 37.6 Å². The van der Waals surface area contributed by atoms with Crippen molar-refractivity contribution in [3.8, 4) is 0 Å². The third kappa shape index (κ3) is 2.80. The zero-order valence-corrected chi connectivity index (χ0v) is 9.58. The smallest absolute Gasteiger partial charge is 0.123 e. The van der Waals surface area contributed by atoms with E-state index in [4.69, 9.17) is 4.74 Å². The van der Waals surface area contributed by atoms with E-state index in [1.165, 1.54) is 6.07 Å². The van der Waals surface area contributed by atoms with Crippen LogP contribution in [0.3, 0.4) is 0 Å². The van der Waals surface area contributed by atoms with E-state index in [9.17, 15) is 4.39 Å². The van der Waals surface area contributed by atoms with Crippen LogP contribution in [0.25, 0.3) is 0 Å². The quantitative estimate of drug-likeness (QED) is 0.846. The number of halogens is 1. The summed E-state index contributed by atoms with van der Waals surface area (Å²) in [5.41, 5.74) is 1.05. The van der Waals surface area contributed by atoms with Crippen LogP contribution in [0.4, 0.5) is 4.39 Å². The van der Waals surface area contributed by atoms with Gasteiger partial charge in [0.25, 0.3) is 0 Å². The second kappa shape index (κ2) is 5.41. The van der Waals surface area contributed by atoms with Gasteiger partial charge in [-0.3, -0.25) is 0 Å². The number of hydrogen-bond acceptors (Lipinski definition) is 2. The molecule has 0 amide bonds. The number of hydrogen-bond donors (Lipinski definition) is 1. The lowest BCUT2D eigenvalue weighted by Crippen LogP contribution is -2.41. The molecule has 1 N–H and O–H groups in total. The van der Waals surface area contributed by atoms with Gasteiger partial charge in [0.15, 0.2) is 0 Å². The molecule has 0 aromatic heterocycles. The summed E-state index contributed by atoms with van der Waals surface area (Å²) in [5, 5.41) is 3.32. The molecule has 0 bridgehead atoms. The van der Waals surface area contributed by atoms with Gasteiger partial charge in [-0.25, -0.2) is 4.39 Å². The summed E-state index contributed by atoms with van der Waals surface area (Å²) in [4.78, 5) is 0. The Morgan fingerprint density at radius 2 is 2.38 bits per heavy atom. The highest BCUT2D eigenvalue weighted by Crippen LogP contribution is 2.19. The van der Waals surface area contributed by atoms with Crippen LogP contribution < -0.4 is 5.32 Å². The molecule has 1 aromatic rings. The van der Waals surface area contributed by atoms with Gasteiger partial charge in [0.05, 0.1) is 6.61 Å². The molecule has 0 aliphatic carbocycles. The third-order valence-electron chi connectivity index (χ3n) is 3.23. The molecule has 1 aromatic carbocycles. The van der Waals surface area contributed by atoms with Crippen molar-refractivity contribution in [2.45, 2.75) is 18.9 Å². The molecule has 88 valence electrons. The molecule has 2 unspecified atom stereocenters. The topological polar surface area (TPSA) is 21.3 Å². The van der Waals surface area contributed by atoms with E-state index in [2.05, 4.69) is 5.32 Å². The second-order valence-corrected chi connectivity index (χ2v) is 4.35. The van der Waals surface area contributed by atoms with E-state index in [-0.39, 0.29) is 5.82 Å². The van der Waals surface area contributed by atoms with Crippen LogP contribution in [-0.2, 0) is 11.2 Å². The molecule has 1 heterocycles. The third-order valence-corrected chi connectivity index (χ3v) is 3.23. The maximum absolute atomic E-state index is 13.1. The molecule has 2 atom stereocenters. The van der Waals surface area contributed by atoms with Crippen molar-refractivity contribution >= 4 is 0 Å². The normalized spacial score (nSPS) is 25.6. The molecule has 0 saturated carbocycles. The van der Waals surface area contributed by atoms with Crippen molar-refractivity contribution in [1.29, 1.82) is 0 Å². The minimum absolute atomic E-state index is 0.157. The average molecular weight is 223 g/mol. The van der Waals surface area contributed by atoms with E-state index >= 15 is 0 Å². The summed E-state index contributed by atoms with van der Waals surface area (Å²) in [7, 11) is 1.98. The Hall–Kier alpha value is -0.930. The van der Waals surface area contributed by atoms with Crippen molar-refractivity contribution in [3.63, 3.8) is 0 Å². The molecule has 3 heteroatoms. The fourth-order valence-electron chi connectivity index (χ4n) is 2.34. The molecule has 1 aliphatic rings. The molecule has 1 fully saturated rings. The van der Waals surface area contributed by atoms with Crippen LogP contribution in [0.1, 0.15) is 12.0 Å². The first-order valence-corrected chi connectivity index (χ1v) is 5.79. The Balaban J connectivity index is 2.02. The minimum atomic E-state index is -0.157. The van der Waals surface area contributed by atoms with E-state index in [0.29, 0.717) is 12.0 Å². The monoisotopic (exact) mass is 223 g/mol. The Kier molecular flexibility index (Phi) is 3.91. The van der Waals surface area contributed by atoms with Crippen molar-refractivity contribution in [3.05, 3.63) is 35.6 Å². The Morgan fingerprint density at radius 1 is 1.50 bits per heavy atom. The van der Waals surface area contributed by atoms with Crippen molar-refractivity contribution in [2.75, 3.05) is 20.3 Å². The molecule has 0 spiro atoms. The van der Waals surface area contributed by atoms with Gasteiger partial charge >= 0.3 is 0 Å². The van der Waals surface area contributed by atoms with Gasteiger partial charge < -0.3 is 10.1 Å². The maximum atomic E-state index is 13.1. The number of rotatable bonds is 3. The number of benzene rings is 1. The van der Waals surface area contributed by atoms with Gasteiger partial charge in [-0.1, -0.05) is 12.1 Å². The average Bonchev–Trinajstić information content (AvgIpc) is 2.30. The zero-order chi connectivity index (χ0) is 11.4. The predicted octanol–water partition coefficient (Wildman–Crippen LogP) is 1.99. The van der Waals surface area contributed by atoms with Gasteiger partial charge in [-0.2, -0.15) is 0 Å². The Bertz CT molecular complexity index is 342. The van der Waals surface area contributed by atoms with E-state index < -0.39 is 0 Å². The first-order chi connectivity index (χ1) is 7.79. The molecular weight excluding hydrogens is 205 g/mol. The SMILES string of the molecule is CNC1CCOCC1Cc1cccc(F)c1. The van der Waals surface area contributed by atoms with Crippen LogP contribution in [0, 0.1) is 11.7 Å². The summed E-state index contributed by atoms with van der Waals surface area (Å²) in [6.07, 6.45) is 1.92. The lowest BCUT2D eigenvalue weighted by Gasteiger charge is -2.31. The fourth-order valence-corrected chi connectivity index (χ4v) is 2.34. The summed E-state index contributed by atoms with van der Waals surface area (Å²) in [5.74, 6) is 0.288. The highest BCUT2D eigenvalue weighted by Gasteiger charge is 2.24. The fraction of sp³-hybridized carbons (Fsp3) is 0.538.